The first-order valence-corrected chi connectivity index (χ1v) is 14.8. The summed E-state index contributed by atoms with van der Waals surface area (Å²) in [7, 11) is 0. The molecule has 1 atom stereocenters. The first-order chi connectivity index (χ1) is 18.0. The molecule has 1 aliphatic carbocycles. The van der Waals surface area contributed by atoms with Crippen molar-refractivity contribution in [3.63, 3.8) is 0 Å². The summed E-state index contributed by atoms with van der Waals surface area (Å²) in [6.45, 7) is 11.2. The van der Waals surface area contributed by atoms with Crippen molar-refractivity contribution >= 4 is 30.0 Å². The minimum atomic E-state index is 0. The predicted molar refractivity (Wildman–Crippen MR) is 156 cm³/mol. The highest BCUT2D eigenvalue weighted by Crippen LogP contribution is 2.26. The summed E-state index contributed by atoms with van der Waals surface area (Å²) in [5.74, 6) is 0.992. The standard InChI is InChI=1S/C30H48N4O3.ClH/c1-3-14-34(23-25-12-15-32(16-13-25)30(36)33-17-19-37-20-18-33)24(2)21-26-8-7-11-28(22-26)31-29(35)27-9-5-4-6-10-27;/h7-8,11,22,24-25,27H,3-6,9-10,12-21,23H2,1-2H3,(H,31,35);1H/t24-;/m1./s1. The Morgan fingerprint density at radius 1 is 1.03 bits per heavy atom. The Morgan fingerprint density at radius 2 is 1.71 bits per heavy atom. The molecular weight excluding hydrogens is 500 g/mol. The quantitative estimate of drug-likeness (QED) is 0.446. The van der Waals surface area contributed by atoms with Gasteiger partial charge in [-0.15, -0.1) is 12.4 Å². The Labute approximate surface area is 236 Å². The Kier molecular flexibility index (Phi) is 12.7. The number of anilines is 1. The molecular formula is C30H49ClN4O3. The van der Waals surface area contributed by atoms with E-state index >= 15 is 0 Å². The minimum absolute atomic E-state index is 0. The number of morpholine rings is 1. The summed E-state index contributed by atoms with van der Waals surface area (Å²) in [5.41, 5.74) is 2.21. The Hall–Kier alpha value is -1.83. The van der Waals surface area contributed by atoms with Crippen LogP contribution in [0, 0.1) is 11.8 Å². The highest BCUT2D eigenvalue weighted by molar-refractivity contribution is 5.92. The number of piperidine rings is 1. The van der Waals surface area contributed by atoms with Crippen molar-refractivity contribution in [2.45, 2.75) is 77.7 Å². The zero-order valence-corrected chi connectivity index (χ0v) is 24.4. The van der Waals surface area contributed by atoms with Crippen LogP contribution in [0.2, 0.25) is 0 Å². The monoisotopic (exact) mass is 548 g/mol. The van der Waals surface area contributed by atoms with E-state index in [-0.39, 0.29) is 30.3 Å². The lowest BCUT2D eigenvalue weighted by molar-refractivity contribution is -0.120. The van der Waals surface area contributed by atoms with Gasteiger partial charge in [0, 0.05) is 50.4 Å². The number of ether oxygens (including phenoxy) is 1. The number of amides is 3. The molecule has 2 saturated heterocycles. The van der Waals surface area contributed by atoms with Gasteiger partial charge < -0.3 is 24.8 Å². The molecule has 0 bridgehead atoms. The molecule has 0 aromatic heterocycles. The number of hydrogen-bond acceptors (Lipinski definition) is 4. The first-order valence-electron chi connectivity index (χ1n) is 14.8. The fourth-order valence-corrected chi connectivity index (χ4v) is 6.23. The van der Waals surface area contributed by atoms with Gasteiger partial charge in [0.1, 0.15) is 0 Å². The number of nitrogens with zero attached hydrogens (tertiary/aromatic N) is 3. The van der Waals surface area contributed by atoms with E-state index in [4.69, 9.17) is 4.74 Å². The molecule has 3 fully saturated rings. The van der Waals surface area contributed by atoms with Gasteiger partial charge in [-0.3, -0.25) is 4.79 Å². The molecule has 1 aromatic carbocycles. The second-order valence-corrected chi connectivity index (χ2v) is 11.4. The average molecular weight is 549 g/mol. The largest absolute Gasteiger partial charge is 0.378 e. The van der Waals surface area contributed by atoms with Gasteiger partial charge in [-0.25, -0.2) is 4.79 Å². The van der Waals surface area contributed by atoms with Gasteiger partial charge in [0.15, 0.2) is 0 Å². The molecule has 38 heavy (non-hydrogen) atoms. The number of nitrogens with one attached hydrogen (secondary N) is 1. The van der Waals surface area contributed by atoms with Crippen LogP contribution in [0.1, 0.15) is 70.8 Å². The number of carbonyl (C=O) groups is 2. The van der Waals surface area contributed by atoms with E-state index in [1.54, 1.807) is 0 Å². The lowest BCUT2D eigenvalue weighted by Gasteiger charge is -2.39. The lowest BCUT2D eigenvalue weighted by atomic mass is 9.88. The van der Waals surface area contributed by atoms with Gasteiger partial charge in [0.25, 0.3) is 0 Å². The van der Waals surface area contributed by atoms with Gasteiger partial charge in [-0.05, 0) is 75.6 Å². The molecule has 3 amide bonds. The fourth-order valence-electron chi connectivity index (χ4n) is 6.23. The summed E-state index contributed by atoms with van der Waals surface area (Å²) in [6, 6.07) is 9.06. The summed E-state index contributed by atoms with van der Waals surface area (Å²) in [4.78, 5) is 32.2. The summed E-state index contributed by atoms with van der Waals surface area (Å²) in [5, 5.41) is 3.19. The average Bonchev–Trinajstić information content (AvgIpc) is 2.94. The number of carbonyl (C=O) groups excluding carboxylic acids is 2. The van der Waals surface area contributed by atoms with E-state index in [1.807, 2.05) is 15.9 Å². The normalized spacial score (nSPS) is 20.2. The molecule has 0 spiro atoms. The molecule has 2 aliphatic heterocycles. The molecule has 1 saturated carbocycles. The molecule has 1 N–H and O–H groups in total. The first kappa shape index (κ1) is 30.7. The SMILES string of the molecule is CCCN(CC1CCN(C(=O)N2CCOCC2)CC1)[C@H](C)Cc1cccc(NC(=O)C2CCCCC2)c1.Cl. The van der Waals surface area contributed by atoms with Crippen LogP contribution in [0.3, 0.4) is 0 Å². The number of hydrogen-bond donors (Lipinski definition) is 1. The zero-order valence-electron chi connectivity index (χ0n) is 23.5. The molecule has 214 valence electrons. The maximum absolute atomic E-state index is 12.8. The van der Waals surface area contributed by atoms with E-state index in [2.05, 4.69) is 42.3 Å². The Morgan fingerprint density at radius 3 is 2.39 bits per heavy atom. The van der Waals surface area contributed by atoms with E-state index in [9.17, 15) is 9.59 Å². The van der Waals surface area contributed by atoms with Crippen LogP contribution in [-0.2, 0) is 16.0 Å². The highest BCUT2D eigenvalue weighted by atomic mass is 35.5. The number of urea groups is 1. The zero-order chi connectivity index (χ0) is 26.0. The van der Waals surface area contributed by atoms with Crippen LogP contribution < -0.4 is 5.32 Å². The molecule has 1 aromatic rings. The van der Waals surface area contributed by atoms with Crippen LogP contribution >= 0.6 is 12.4 Å². The van der Waals surface area contributed by atoms with Crippen molar-refractivity contribution in [3.8, 4) is 0 Å². The number of likely N-dealkylation sites (tertiary alicyclic amines) is 1. The van der Waals surface area contributed by atoms with E-state index in [0.717, 1.165) is 70.4 Å². The Bertz CT molecular complexity index is 865. The second kappa shape index (κ2) is 15.7. The molecule has 4 rings (SSSR count). The van der Waals surface area contributed by atoms with E-state index in [0.29, 0.717) is 38.3 Å². The number of benzene rings is 1. The van der Waals surface area contributed by atoms with Gasteiger partial charge in [0.05, 0.1) is 13.2 Å². The molecule has 7 nitrogen and oxygen atoms in total. The van der Waals surface area contributed by atoms with E-state index < -0.39 is 0 Å². The topological polar surface area (TPSA) is 65.1 Å². The third-order valence-corrected chi connectivity index (χ3v) is 8.50. The van der Waals surface area contributed by atoms with Crippen LogP contribution in [0.15, 0.2) is 24.3 Å². The van der Waals surface area contributed by atoms with Crippen molar-refractivity contribution in [3.05, 3.63) is 29.8 Å². The highest BCUT2D eigenvalue weighted by Gasteiger charge is 2.29. The van der Waals surface area contributed by atoms with Crippen LogP contribution in [0.5, 0.6) is 0 Å². The van der Waals surface area contributed by atoms with Gasteiger partial charge in [-0.2, -0.15) is 0 Å². The van der Waals surface area contributed by atoms with Gasteiger partial charge in [-0.1, -0.05) is 38.3 Å². The van der Waals surface area contributed by atoms with Crippen molar-refractivity contribution in [2.24, 2.45) is 11.8 Å². The van der Waals surface area contributed by atoms with Crippen LogP contribution in [0.4, 0.5) is 10.5 Å². The maximum Gasteiger partial charge on any atom is 0.320 e. The van der Waals surface area contributed by atoms with Gasteiger partial charge >= 0.3 is 6.03 Å². The minimum Gasteiger partial charge on any atom is -0.378 e. The number of halogens is 1. The van der Waals surface area contributed by atoms with Gasteiger partial charge in [0.2, 0.25) is 5.91 Å². The molecule has 2 heterocycles. The third kappa shape index (κ3) is 8.85. The molecule has 0 radical (unpaired) electrons. The lowest BCUT2D eigenvalue weighted by Crippen LogP contribution is -2.51. The molecule has 8 heteroatoms. The summed E-state index contributed by atoms with van der Waals surface area (Å²) < 4.78 is 5.40. The fraction of sp³-hybridized carbons (Fsp3) is 0.733. The summed E-state index contributed by atoms with van der Waals surface area (Å²) >= 11 is 0. The molecule has 0 unspecified atom stereocenters. The predicted octanol–water partition coefficient (Wildman–Crippen LogP) is 5.43. The molecule has 3 aliphatic rings. The summed E-state index contributed by atoms with van der Waals surface area (Å²) in [6.07, 6.45) is 9.91. The van der Waals surface area contributed by atoms with Crippen molar-refractivity contribution in [1.82, 2.24) is 14.7 Å². The maximum atomic E-state index is 12.8. The van der Waals surface area contributed by atoms with E-state index in [1.165, 1.54) is 24.8 Å². The second-order valence-electron chi connectivity index (χ2n) is 11.4. The Balaban J connectivity index is 0.00000400. The van der Waals surface area contributed by atoms with Crippen molar-refractivity contribution in [2.75, 3.05) is 57.8 Å². The van der Waals surface area contributed by atoms with Crippen LogP contribution in [0.25, 0.3) is 0 Å². The third-order valence-electron chi connectivity index (χ3n) is 8.50. The van der Waals surface area contributed by atoms with Crippen molar-refractivity contribution < 1.29 is 14.3 Å². The number of rotatable bonds is 9. The van der Waals surface area contributed by atoms with Crippen LogP contribution in [-0.4, -0.2) is 85.2 Å². The smallest absolute Gasteiger partial charge is 0.320 e. The van der Waals surface area contributed by atoms with Crippen molar-refractivity contribution in [1.29, 1.82) is 0 Å².